The Balaban J connectivity index is 2.28. The van der Waals surface area contributed by atoms with Crippen LogP contribution in [0.2, 0.25) is 0 Å². The lowest BCUT2D eigenvalue weighted by Gasteiger charge is -1.99. The Kier molecular flexibility index (Phi) is 4.16. The average Bonchev–Trinajstić information content (AvgIpc) is 2.07. The van der Waals surface area contributed by atoms with Crippen LogP contribution >= 0.6 is 15.9 Å². The van der Waals surface area contributed by atoms with Gasteiger partial charge in [-0.3, -0.25) is 4.98 Å². The zero-order valence-corrected chi connectivity index (χ0v) is 7.84. The molecule has 0 bridgehead atoms. The van der Waals surface area contributed by atoms with Crippen molar-refractivity contribution in [3.8, 4) is 0 Å². The number of nitrogens with zero attached hydrogens (tertiary/aromatic N) is 1. The fraction of sp³-hybridized carbons (Fsp3) is 0.375. The molecule has 1 N–H and O–H groups in total. The molecule has 0 radical (unpaired) electrons. The number of aromatic nitrogens is 1. The van der Waals surface area contributed by atoms with Crippen LogP contribution in [0, 0.1) is 0 Å². The Bertz CT molecular complexity index is 189. The van der Waals surface area contributed by atoms with Crippen LogP contribution in [-0.2, 0) is 6.54 Å². The van der Waals surface area contributed by atoms with E-state index in [2.05, 4.69) is 26.2 Å². The van der Waals surface area contributed by atoms with Gasteiger partial charge in [0, 0.05) is 24.6 Å². The van der Waals surface area contributed by atoms with Gasteiger partial charge in [0.15, 0.2) is 0 Å². The van der Waals surface area contributed by atoms with Crippen molar-refractivity contribution < 1.29 is 0 Å². The van der Waals surface area contributed by atoms with E-state index in [-0.39, 0.29) is 0 Å². The number of nitrogens with one attached hydrogen (secondary N) is 1. The Hall–Kier alpha value is -0.410. The van der Waals surface area contributed by atoms with E-state index >= 15 is 0 Å². The molecule has 1 rings (SSSR count). The highest BCUT2D eigenvalue weighted by Crippen LogP contribution is 1.91. The van der Waals surface area contributed by atoms with Gasteiger partial charge in [-0.1, -0.05) is 22.0 Å². The van der Waals surface area contributed by atoms with Gasteiger partial charge in [0.25, 0.3) is 0 Å². The van der Waals surface area contributed by atoms with Crippen molar-refractivity contribution in [3.63, 3.8) is 0 Å². The standard InChI is InChI=1S/C8H11BrN2/c9-4-6-10-7-8-3-1-2-5-11-8/h1-3,5,10H,4,6-7H2. The van der Waals surface area contributed by atoms with E-state index in [1.807, 2.05) is 24.4 Å². The number of halogens is 1. The molecule has 0 aliphatic rings. The molecule has 1 aromatic rings. The van der Waals surface area contributed by atoms with Crippen LogP contribution in [0.5, 0.6) is 0 Å². The lowest BCUT2D eigenvalue weighted by molar-refractivity contribution is 0.717. The van der Waals surface area contributed by atoms with Crippen LogP contribution in [0.4, 0.5) is 0 Å². The van der Waals surface area contributed by atoms with Crippen LogP contribution in [-0.4, -0.2) is 16.9 Å². The third kappa shape index (κ3) is 3.49. The summed E-state index contributed by atoms with van der Waals surface area (Å²) in [5.41, 5.74) is 1.09. The number of alkyl halides is 1. The molecule has 1 heterocycles. The quantitative estimate of drug-likeness (QED) is 0.609. The third-order valence-corrected chi connectivity index (χ3v) is 1.70. The topological polar surface area (TPSA) is 24.9 Å². The predicted octanol–water partition coefficient (Wildman–Crippen LogP) is 1.57. The SMILES string of the molecule is BrCCNCc1ccccn1. The maximum absolute atomic E-state index is 4.17. The van der Waals surface area contributed by atoms with Gasteiger partial charge in [0.2, 0.25) is 0 Å². The van der Waals surface area contributed by atoms with E-state index < -0.39 is 0 Å². The van der Waals surface area contributed by atoms with E-state index in [9.17, 15) is 0 Å². The van der Waals surface area contributed by atoms with E-state index in [4.69, 9.17) is 0 Å². The Morgan fingerprint density at radius 2 is 2.36 bits per heavy atom. The normalized spacial score (nSPS) is 9.91. The molecule has 0 fully saturated rings. The average molecular weight is 215 g/mol. The summed E-state index contributed by atoms with van der Waals surface area (Å²) in [5.74, 6) is 0. The number of hydrogen-bond donors (Lipinski definition) is 1. The summed E-state index contributed by atoms with van der Waals surface area (Å²) in [6, 6.07) is 5.94. The van der Waals surface area contributed by atoms with Gasteiger partial charge in [0.1, 0.15) is 0 Å². The Morgan fingerprint density at radius 1 is 1.45 bits per heavy atom. The third-order valence-electron chi connectivity index (χ3n) is 1.30. The minimum atomic E-state index is 0.854. The van der Waals surface area contributed by atoms with E-state index in [1.54, 1.807) is 0 Å². The molecular formula is C8H11BrN2. The predicted molar refractivity (Wildman–Crippen MR) is 49.7 cm³/mol. The van der Waals surface area contributed by atoms with Crippen molar-refractivity contribution >= 4 is 15.9 Å². The molecule has 0 aromatic carbocycles. The van der Waals surface area contributed by atoms with Crippen molar-refractivity contribution in [1.82, 2.24) is 10.3 Å². The maximum atomic E-state index is 4.17. The molecule has 11 heavy (non-hydrogen) atoms. The fourth-order valence-corrected chi connectivity index (χ4v) is 1.07. The maximum Gasteiger partial charge on any atom is 0.0541 e. The molecule has 0 saturated heterocycles. The van der Waals surface area contributed by atoms with Crippen molar-refractivity contribution in [3.05, 3.63) is 30.1 Å². The first-order valence-electron chi connectivity index (χ1n) is 3.60. The summed E-state index contributed by atoms with van der Waals surface area (Å²) >= 11 is 3.34. The molecule has 2 nitrogen and oxygen atoms in total. The van der Waals surface area contributed by atoms with E-state index in [1.165, 1.54) is 0 Å². The zero-order chi connectivity index (χ0) is 7.94. The molecule has 0 amide bonds. The molecule has 0 unspecified atom stereocenters. The van der Waals surface area contributed by atoms with Crippen LogP contribution in [0.15, 0.2) is 24.4 Å². The summed E-state index contributed by atoms with van der Waals surface area (Å²) in [6.07, 6.45) is 1.81. The number of hydrogen-bond acceptors (Lipinski definition) is 2. The van der Waals surface area contributed by atoms with Gasteiger partial charge in [-0.05, 0) is 12.1 Å². The van der Waals surface area contributed by atoms with Gasteiger partial charge in [-0.25, -0.2) is 0 Å². The van der Waals surface area contributed by atoms with Gasteiger partial charge in [-0.2, -0.15) is 0 Å². The lowest BCUT2D eigenvalue weighted by atomic mass is 10.3. The lowest BCUT2D eigenvalue weighted by Crippen LogP contribution is -2.16. The summed E-state index contributed by atoms with van der Waals surface area (Å²) in [7, 11) is 0. The monoisotopic (exact) mass is 214 g/mol. The highest BCUT2D eigenvalue weighted by molar-refractivity contribution is 9.09. The Morgan fingerprint density at radius 3 is 3.00 bits per heavy atom. The molecule has 1 aromatic heterocycles. The molecule has 0 saturated carbocycles. The van der Waals surface area contributed by atoms with Crippen molar-refractivity contribution in [2.24, 2.45) is 0 Å². The first-order chi connectivity index (χ1) is 5.43. The van der Waals surface area contributed by atoms with Crippen LogP contribution in [0.3, 0.4) is 0 Å². The number of pyridine rings is 1. The van der Waals surface area contributed by atoms with Crippen LogP contribution < -0.4 is 5.32 Å². The second-order valence-corrected chi connectivity index (χ2v) is 2.98. The van der Waals surface area contributed by atoms with Crippen molar-refractivity contribution in [2.75, 3.05) is 11.9 Å². The summed E-state index contributed by atoms with van der Waals surface area (Å²) in [6.45, 7) is 1.84. The van der Waals surface area contributed by atoms with Gasteiger partial charge < -0.3 is 5.32 Å². The smallest absolute Gasteiger partial charge is 0.0541 e. The molecule has 0 aliphatic carbocycles. The molecule has 3 heteroatoms. The molecule has 60 valence electrons. The molecule has 0 aliphatic heterocycles. The summed E-state index contributed by atoms with van der Waals surface area (Å²) in [4.78, 5) is 4.17. The summed E-state index contributed by atoms with van der Waals surface area (Å²) < 4.78 is 0. The van der Waals surface area contributed by atoms with E-state index in [0.717, 1.165) is 24.1 Å². The Labute approximate surface area is 75.2 Å². The molecular weight excluding hydrogens is 204 g/mol. The first kappa shape index (κ1) is 8.68. The summed E-state index contributed by atoms with van der Waals surface area (Å²) in [5, 5.41) is 4.23. The van der Waals surface area contributed by atoms with Gasteiger partial charge >= 0.3 is 0 Å². The second kappa shape index (κ2) is 5.27. The largest absolute Gasteiger partial charge is 0.310 e. The van der Waals surface area contributed by atoms with Gasteiger partial charge in [-0.15, -0.1) is 0 Å². The van der Waals surface area contributed by atoms with Crippen molar-refractivity contribution in [1.29, 1.82) is 0 Å². The highest BCUT2D eigenvalue weighted by atomic mass is 79.9. The van der Waals surface area contributed by atoms with Crippen LogP contribution in [0.25, 0.3) is 0 Å². The molecule has 0 spiro atoms. The zero-order valence-electron chi connectivity index (χ0n) is 6.26. The van der Waals surface area contributed by atoms with E-state index in [0.29, 0.717) is 0 Å². The number of rotatable bonds is 4. The highest BCUT2D eigenvalue weighted by Gasteiger charge is 1.89. The fourth-order valence-electron chi connectivity index (χ4n) is 0.786. The second-order valence-electron chi connectivity index (χ2n) is 2.19. The first-order valence-corrected chi connectivity index (χ1v) is 4.72. The molecule has 0 atom stereocenters. The van der Waals surface area contributed by atoms with Crippen molar-refractivity contribution in [2.45, 2.75) is 6.54 Å². The minimum absolute atomic E-state index is 0.854. The van der Waals surface area contributed by atoms with Crippen LogP contribution in [0.1, 0.15) is 5.69 Å². The minimum Gasteiger partial charge on any atom is -0.310 e. The van der Waals surface area contributed by atoms with Gasteiger partial charge in [0.05, 0.1) is 5.69 Å².